The Bertz CT molecular complexity index is 1060. The summed E-state index contributed by atoms with van der Waals surface area (Å²) in [4.78, 5) is 12.3. The molecule has 2 N–H and O–H groups in total. The molecule has 0 radical (unpaired) electrons. The van der Waals surface area contributed by atoms with Gasteiger partial charge in [0, 0.05) is 17.3 Å². The summed E-state index contributed by atoms with van der Waals surface area (Å²) in [5.74, 6) is 0. The number of carbonyl (C=O) groups excluding carboxylic acids is 1. The number of carbonyl (C=O) groups is 1. The Hall–Kier alpha value is -3.60. The lowest BCUT2D eigenvalue weighted by atomic mass is 10.1. The van der Waals surface area contributed by atoms with E-state index in [4.69, 9.17) is 0 Å². The summed E-state index contributed by atoms with van der Waals surface area (Å²) in [6, 6.07) is 23.0. The van der Waals surface area contributed by atoms with Gasteiger partial charge in [0.1, 0.15) is 0 Å². The zero-order valence-corrected chi connectivity index (χ0v) is 14.3. The van der Waals surface area contributed by atoms with Crippen LogP contribution in [0.2, 0.25) is 0 Å². The lowest BCUT2D eigenvalue weighted by Gasteiger charge is -2.10. The maximum absolute atomic E-state index is 12.3. The first-order valence-corrected chi connectivity index (χ1v) is 8.37. The zero-order valence-electron chi connectivity index (χ0n) is 14.3. The van der Waals surface area contributed by atoms with Crippen molar-refractivity contribution < 1.29 is 4.79 Å². The molecule has 2 amide bonds. The number of rotatable bonds is 3. The van der Waals surface area contributed by atoms with Gasteiger partial charge in [-0.15, -0.1) is 0 Å². The number of aryl methyl sites for hydroxylation is 1. The van der Waals surface area contributed by atoms with Crippen LogP contribution in [0, 0.1) is 6.92 Å². The summed E-state index contributed by atoms with van der Waals surface area (Å²) in [5.41, 5.74) is 3.40. The van der Waals surface area contributed by atoms with E-state index in [-0.39, 0.29) is 6.03 Å². The van der Waals surface area contributed by atoms with E-state index in [0.717, 1.165) is 33.5 Å². The monoisotopic (exact) mass is 342 g/mol. The first kappa shape index (κ1) is 15.9. The van der Waals surface area contributed by atoms with Crippen LogP contribution in [0.4, 0.5) is 16.2 Å². The predicted molar refractivity (Wildman–Crippen MR) is 105 cm³/mol. The summed E-state index contributed by atoms with van der Waals surface area (Å²) in [5, 5.41) is 12.2. The highest BCUT2D eigenvalue weighted by atomic mass is 16.2. The Labute approximate surface area is 151 Å². The van der Waals surface area contributed by atoms with Gasteiger partial charge in [-0.1, -0.05) is 36.4 Å². The van der Waals surface area contributed by atoms with E-state index in [1.807, 2.05) is 85.9 Å². The molecule has 0 atom stereocenters. The van der Waals surface area contributed by atoms with Crippen LogP contribution in [0.1, 0.15) is 5.69 Å². The second kappa shape index (κ2) is 6.72. The van der Waals surface area contributed by atoms with Crippen LogP contribution < -0.4 is 10.6 Å². The SMILES string of the molecule is Cc1ccn(-c2ccc(NC(=O)Nc3cccc4ccccc34)cc2)n1. The third-order valence-corrected chi connectivity index (χ3v) is 4.15. The van der Waals surface area contributed by atoms with Gasteiger partial charge in [0.2, 0.25) is 0 Å². The van der Waals surface area contributed by atoms with Gasteiger partial charge in [-0.2, -0.15) is 5.10 Å². The fourth-order valence-corrected chi connectivity index (χ4v) is 2.88. The van der Waals surface area contributed by atoms with E-state index in [2.05, 4.69) is 15.7 Å². The summed E-state index contributed by atoms with van der Waals surface area (Å²) in [7, 11) is 0. The molecule has 1 heterocycles. The maximum atomic E-state index is 12.3. The van der Waals surface area contributed by atoms with E-state index in [0.29, 0.717) is 0 Å². The molecule has 1 aromatic heterocycles. The molecule has 4 aromatic rings. The molecule has 0 spiro atoms. The molecule has 0 saturated heterocycles. The number of benzene rings is 3. The number of aromatic nitrogens is 2. The molecule has 5 nitrogen and oxygen atoms in total. The topological polar surface area (TPSA) is 59.0 Å². The minimum Gasteiger partial charge on any atom is -0.308 e. The fourth-order valence-electron chi connectivity index (χ4n) is 2.88. The number of hydrogen-bond acceptors (Lipinski definition) is 2. The first-order valence-electron chi connectivity index (χ1n) is 8.37. The number of hydrogen-bond donors (Lipinski definition) is 2. The van der Waals surface area contributed by atoms with Gasteiger partial charge in [-0.05, 0) is 48.7 Å². The van der Waals surface area contributed by atoms with Gasteiger partial charge in [0.15, 0.2) is 0 Å². The molecule has 0 aliphatic rings. The molecule has 0 fully saturated rings. The highest BCUT2D eigenvalue weighted by Gasteiger charge is 2.06. The minimum absolute atomic E-state index is 0.274. The van der Waals surface area contributed by atoms with Crippen LogP contribution in [0.5, 0.6) is 0 Å². The number of fused-ring (bicyclic) bond motifs is 1. The molecule has 0 saturated carbocycles. The smallest absolute Gasteiger partial charge is 0.308 e. The second-order valence-electron chi connectivity index (χ2n) is 6.05. The van der Waals surface area contributed by atoms with Crippen LogP contribution >= 0.6 is 0 Å². The lowest BCUT2D eigenvalue weighted by Crippen LogP contribution is -2.19. The van der Waals surface area contributed by atoms with Crippen LogP contribution in [0.3, 0.4) is 0 Å². The van der Waals surface area contributed by atoms with Crippen molar-refractivity contribution in [3.63, 3.8) is 0 Å². The highest BCUT2D eigenvalue weighted by Crippen LogP contribution is 2.23. The van der Waals surface area contributed by atoms with Crippen molar-refractivity contribution in [3.8, 4) is 5.69 Å². The Kier molecular flexibility index (Phi) is 4.11. The molecule has 0 bridgehead atoms. The Morgan fingerprint density at radius 3 is 2.42 bits per heavy atom. The van der Waals surface area contributed by atoms with Crippen molar-refractivity contribution in [1.29, 1.82) is 0 Å². The summed E-state index contributed by atoms with van der Waals surface area (Å²) in [6.07, 6.45) is 1.91. The Morgan fingerprint density at radius 2 is 1.65 bits per heavy atom. The van der Waals surface area contributed by atoms with Crippen molar-refractivity contribution in [3.05, 3.63) is 84.7 Å². The molecule has 5 heteroatoms. The van der Waals surface area contributed by atoms with Gasteiger partial charge in [0.05, 0.1) is 17.1 Å². The van der Waals surface area contributed by atoms with E-state index in [1.165, 1.54) is 0 Å². The summed E-state index contributed by atoms with van der Waals surface area (Å²) in [6.45, 7) is 1.95. The normalized spacial score (nSPS) is 10.7. The second-order valence-corrected chi connectivity index (χ2v) is 6.05. The van der Waals surface area contributed by atoms with Gasteiger partial charge < -0.3 is 10.6 Å². The molecular formula is C21H18N4O. The van der Waals surface area contributed by atoms with Crippen molar-refractivity contribution >= 4 is 28.2 Å². The van der Waals surface area contributed by atoms with Crippen molar-refractivity contribution in [2.24, 2.45) is 0 Å². The van der Waals surface area contributed by atoms with E-state index >= 15 is 0 Å². The lowest BCUT2D eigenvalue weighted by molar-refractivity contribution is 0.262. The van der Waals surface area contributed by atoms with E-state index in [1.54, 1.807) is 4.68 Å². The molecule has 26 heavy (non-hydrogen) atoms. The van der Waals surface area contributed by atoms with Gasteiger partial charge in [-0.3, -0.25) is 0 Å². The van der Waals surface area contributed by atoms with Gasteiger partial charge in [0.25, 0.3) is 0 Å². The number of nitrogens with zero attached hydrogens (tertiary/aromatic N) is 2. The van der Waals surface area contributed by atoms with Crippen LogP contribution in [-0.4, -0.2) is 15.8 Å². The van der Waals surface area contributed by atoms with E-state index in [9.17, 15) is 4.79 Å². The average molecular weight is 342 g/mol. The molecule has 0 unspecified atom stereocenters. The number of anilines is 2. The quantitative estimate of drug-likeness (QED) is 0.552. The highest BCUT2D eigenvalue weighted by molar-refractivity contribution is 6.06. The third-order valence-electron chi connectivity index (χ3n) is 4.15. The van der Waals surface area contributed by atoms with E-state index < -0.39 is 0 Å². The van der Waals surface area contributed by atoms with Crippen molar-refractivity contribution in [1.82, 2.24) is 9.78 Å². The van der Waals surface area contributed by atoms with Gasteiger partial charge >= 0.3 is 6.03 Å². The Morgan fingerprint density at radius 1 is 0.885 bits per heavy atom. The number of amides is 2. The van der Waals surface area contributed by atoms with Gasteiger partial charge in [-0.25, -0.2) is 9.48 Å². The maximum Gasteiger partial charge on any atom is 0.323 e. The largest absolute Gasteiger partial charge is 0.323 e. The molecule has 0 aliphatic heterocycles. The Balaban J connectivity index is 1.48. The molecule has 128 valence electrons. The van der Waals surface area contributed by atoms with Crippen molar-refractivity contribution in [2.75, 3.05) is 10.6 Å². The predicted octanol–water partition coefficient (Wildman–Crippen LogP) is 4.98. The van der Waals surface area contributed by atoms with Crippen molar-refractivity contribution in [2.45, 2.75) is 6.92 Å². The minimum atomic E-state index is -0.274. The average Bonchev–Trinajstić information content (AvgIpc) is 3.09. The summed E-state index contributed by atoms with van der Waals surface area (Å²) < 4.78 is 1.80. The number of urea groups is 1. The fraction of sp³-hybridized carbons (Fsp3) is 0.0476. The zero-order chi connectivity index (χ0) is 17.9. The molecular weight excluding hydrogens is 324 g/mol. The standard InChI is InChI=1S/C21H18N4O/c1-15-13-14-25(24-15)18-11-9-17(10-12-18)22-21(26)23-20-8-4-6-16-5-2-3-7-19(16)20/h2-14H,1H3,(H2,22,23,26). The molecule has 0 aliphatic carbocycles. The van der Waals surface area contributed by atoms with Crippen LogP contribution in [-0.2, 0) is 0 Å². The van der Waals surface area contributed by atoms with Crippen LogP contribution in [0.15, 0.2) is 79.0 Å². The summed E-state index contributed by atoms with van der Waals surface area (Å²) >= 11 is 0. The number of nitrogens with one attached hydrogen (secondary N) is 2. The first-order chi connectivity index (χ1) is 12.7. The van der Waals surface area contributed by atoms with Crippen LogP contribution in [0.25, 0.3) is 16.5 Å². The third kappa shape index (κ3) is 3.28. The molecule has 3 aromatic carbocycles. The molecule has 4 rings (SSSR count).